The molecule has 2 amide bonds. The van der Waals surface area contributed by atoms with Gasteiger partial charge < -0.3 is 15.0 Å². The molecule has 40 heavy (non-hydrogen) atoms. The van der Waals surface area contributed by atoms with E-state index in [0.717, 1.165) is 22.2 Å². The molecule has 0 aliphatic heterocycles. The Morgan fingerprint density at radius 1 is 0.950 bits per heavy atom. The first-order valence-corrected chi connectivity index (χ1v) is 14.6. The number of carbonyl (C=O) groups is 2. The number of sulfonamides is 1. The molecule has 0 bridgehead atoms. The molecule has 0 aliphatic rings. The third kappa shape index (κ3) is 8.54. The first-order chi connectivity index (χ1) is 18.8. The van der Waals surface area contributed by atoms with Crippen molar-refractivity contribution in [1.82, 2.24) is 10.2 Å². The lowest BCUT2D eigenvalue weighted by molar-refractivity contribution is -0.140. The van der Waals surface area contributed by atoms with Crippen LogP contribution < -0.4 is 14.4 Å². The van der Waals surface area contributed by atoms with E-state index in [1.165, 1.54) is 30.2 Å². The van der Waals surface area contributed by atoms with Crippen LogP contribution in [0.2, 0.25) is 0 Å². The standard InChI is InChI=1S/C30H36FN3O5S/c1-30(2,3)32-29(36)27(19-22-12-7-6-8-13-22)33(20-23-14-11-15-24(18-23)39-4)28(35)21-34(40(5,37)38)26-17-10-9-16-25(26)31/h6-18,27H,19-21H2,1-5H3,(H,32,36)/t27-/m1/s1. The molecule has 0 fully saturated rings. The molecule has 0 heterocycles. The van der Waals surface area contributed by atoms with E-state index in [1.54, 1.807) is 24.3 Å². The Hall–Kier alpha value is -3.92. The van der Waals surface area contributed by atoms with E-state index in [0.29, 0.717) is 11.3 Å². The highest BCUT2D eigenvalue weighted by atomic mass is 32.2. The number of methoxy groups -OCH3 is 1. The Morgan fingerprint density at radius 2 is 1.57 bits per heavy atom. The lowest BCUT2D eigenvalue weighted by atomic mass is 10.0. The quantitative estimate of drug-likeness (QED) is 0.374. The first-order valence-electron chi connectivity index (χ1n) is 12.8. The number of nitrogens with zero attached hydrogens (tertiary/aromatic N) is 2. The second kappa shape index (κ2) is 13.0. The maximum Gasteiger partial charge on any atom is 0.244 e. The predicted molar refractivity (Wildman–Crippen MR) is 154 cm³/mol. The molecule has 214 valence electrons. The Kier molecular flexibility index (Phi) is 9.92. The van der Waals surface area contributed by atoms with Crippen molar-refractivity contribution in [2.75, 3.05) is 24.2 Å². The fraction of sp³-hybridized carbons (Fsp3) is 0.333. The van der Waals surface area contributed by atoms with Gasteiger partial charge in [0.1, 0.15) is 24.2 Å². The molecule has 0 saturated heterocycles. The van der Waals surface area contributed by atoms with E-state index < -0.39 is 45.8 Å². The van der Waals surface area contributed by atoms with Crippen molar-refractivity contribution in [2.45, 2.75) is 45.3 Å². The lowest BCUT2D eigenvalue weighted by Gasteiger charge is -2.35. The van der Waals surface area contributed by atoms with E-state index in [9.17, 15) is 22.4 Å². The number of anilines is 1. The minimum absolute atomic E-state index is 0.0139. The molecule has 3 aromatic carbocycles. The molecular weight excluding hydrogens is 533 g/mol. The van der Waals surface area contributed by atoms with Crippen LogP contribution in [0.5, 0.6) is 5.75 Å². The number of hydrogen-bond donors (Lipinski definition) is 1. The molecule has 0 spiro atoms. The van der Waals surface area contributed by atoms with Gasteiger partial charge >= 0.3 is 0 Å². The van der Waals surface area contributed by atoms with Crippen LogP contribution in [0.1, 0.15) is 31.9 Å². The average Bonchev–Trinajstić information content (AvgIpc) is 2.88. The Morgan fingerprint density at radius 3 is 2.17 bits per heavy atom. The molecular formula is C30H36FN3O5S. The van der Waals surface area contributed by atoms with Crippen molar-refractivity contribution in [3.8, 4) is 5.75 Å². The average molecular weight is 570 g/mol. The number of hydrogen-bond acceptors (Lipinski definition) is 5. The maximum atomic E-state index is 14.7. The topological polar surface area (TPSA) is 96.0 Å². The van der Waals surface area contributed by atoms with Crippen molar-refractivity contribution in [3.05, 3.63) is 95.8 Å². The fourth-order valence-corrected chi connectivity index (χ4v) is 5.07. The molecule has 8 nitrogen and oxygen atoms in total. The Labute approximate surface area is 235 Å². The molecule has 0 aliphatic carbocycles. The zero-order valence-corrected chi connectivity index (χ0v) is 24.2. The van der Waals surface area contributed by atoms with Gasteiger partial charge in [0, 0.05) is 18.5 Å². The summed E-state index contributed by atoms with van der Waals surface area (Å²) in [5.41, 5.74) is 0.640. The number of para-hydroxylation sites is 1. The van der Waals surface area contributed by atoms with Crippen molar-refractivity contribution < 1.29 is 27.1 Å². The summed E-state index contributed by atoms with van der Waals surface area (Å²) in [5, 5.41) is 2.96. The number of halogens is 1. The minimum atomic E-state index is -4.06. The first kappa shape index (κ1) is 30.6. The smallest absolute Gasteiger partial charge is 0.244 e. The molecule has 0 aromatic heterocycles. The Balaban J connectivity index is 2.10. The van der Waals surface area contributed by atoms with Crippen molar-refractivity contribution >= 4 is 27.5 Å². The van der Waals surface area contributed by atoms with Gasteiger partial charge in [0.15, 0.2) is 0 Å². The molecule has 3 rings (SSSR count). The number of rotatable bonds is 11. The summed E-state index contributed by atoms with van der Waals surface area (Å²) in [6.07, 6.45) is 1.09. The van der Waals surface area contributed by atoms with Crippen molar-refractivity contribution in [3.63, 3.8) is 0 Å². The monoisotopic (exact) mass is 569 g/mol. The summed E-state index contributed by atoms with van der Waals surface area (Å²) in [7, 11) is -2.54. The Bertz CT molecular complexity index is 1420. The summed E-state index contributed by atoms with van der Waals surface area (Å²) in [6, 6.07) is 20.6. The summed E-state index contributed by atoms with van der Waals surface area (Å²) >= 11 is 0. The second-order valence-corrected chi connectivity index (χ2v) is 12.4. The largest absolute Gasteiger partial charge is 0.497 e. The number of ether oxygens (including phenoxy) is 1. The van der Waals surface area contributed by atoms with E-state index in [2.05, 4.69) is 5.32 Å². The zero-order chi connectivity index (χ0) is 29.5. The van der Waals surface area contributed by atoms with Crippen LogP contribution in [-0.4, -0.2) is 56.6 Å². The molecule has 0 saturated carbocycles. The second-order valence-electron chi connectivity index (χ2n) is 10.5. The van der Waals surface area contributed by atoms with E-state index in [1.807, 2.05) is 51.1 Å². The van der Waals surface area contributed by atoms with Gasteiger partial charge in [0.2, 0.25) is 21.8 Å². The molecule has 1 atom stereocenters. The number of nitrogens with one attached hydrogen (secondary N) is 1. The van der Waals surface area contributed by atoms with Crippen LogP contribution in [0.25, 0.3) is 0 Å². The van der Waals surface area contributed by atoms with Gasteiger partial charge in [-0.25, -0.2) is 12.8 Å². The van der Waals surface area contributed by atoms with Crippen LogP contribution in [0.3, 0.4) is 0 Å². The van der Waals surface area contributed by atoms with Gasteiger partial charge in [-0.2, -0.15) is 0 Å². The van der Waals surface area contributed by atoms with Crippen molar-refractivity contribution in [1.29, 1.82) is 0 Å². The summed E-state index contributed by atoms with van der Waals surface area (Å²) in [4.78, 5) is 29.1. The van der Waals surface area contributed by atoms with Gasteiger partial charge in [-0.15, -0.1) is 0 Å². The number of amides is 2. The van der Waals surface area contributed by atoms with Crippen LogP contribution in [0, 0.1) is 5.82 Å². The van der Waals surface area contributed by atoms with E-state index in [-0.39, 0.29) is 18.7 Å². The molecule has 0 unspecified atom stereocenters. The molecule has 1 N–H and O–H groups in total. The summed E-state index contributed by atoms with van der Waals surface area (Å²) in [5.74, 6) is -1.29. The minimum Gasteiger partial charge on any atom is -0.497 e. The van der Waals surface area contributed by atoms with Gasteiger partial charge in [-0.05, 0) is 56.2 Å². The van der Waals surface area contributed by atoms with Gasteiger partial charge in [-0.1, -0.05) is 54.6 Å². The van der Waals surface area contributed by atoms with Gasteiger partial charge in [0.25, 0.3) is 0 Å². The molecule has 10 heteroatoms. The fourth-order valence-electron chi connectivity index (χ4n) is 4.22. The van der Waals surface area contributed by atoms with E-state index >= 15 is 0 Å². The third-order valence-electron chi connectivity index (χ3n) is 6.06. The van der Waals surface area contributed by atoms with E-state index in [4.69, 9.17) is 4.74 Å². The lowest BCUT2D eigenvalue weighted by Crippen LogP contribution is -2.56. The van der Waals surface area contributed by atoms with Crippen LogP contribution >= 0.6 is 0 Å². The highest BCUT2D eigenvalue weighted by Gasteiger charge is 2.34. The summed E-state index contributed by atoms with van der Waals surface area (Å²) < 4.78 is 46.3. The number of carbonyl (C=O) groups excluding carboxylic acids is 2. The summed E-state index contributed by atoms with van der Waals surface area (Å²) in [6.45, 7) is 4.80. The highest BCUT2D eigenvalue weighted by molar-refractivity contribution is 7.92. The maximum absolute atomic E-state index is 14.7. The van der Waals surface area contributed by atoms with Crippen molar-refractivity contribution in [2.24, 2.45) is 0 Å². The highest BCUT2D eigenvalue weighted by Crippen LogP contribution is 2.24. The third-order valence-corrected chi connectivity index (χ3v) is 7.18. The number of benzene rings is 3. The van der Waals surface area contributed by atoms with Gasteiger partial charge in [-0.3, -0.25) is 13.9 Å². The molecule has 3 aromatic rings. The SMILES string of the molecule is COc1cccc(CN(C(=O)CN(c2ccccc2F)S(C)(=O)=O)[C@H](Cc2ccccc2)C(=O)NC(C)(C)C)c1. The van der Waals surface area contributed by atoms with Crippen LogP contribution in [0.4, 0.5) is 10.1 Å². The predicted octanol–water partition coefficient (Wildman–Crippen LogP) is 4.16. The van der Waals surface area contributed by atoms with Crippen LogP contribution in [0.15, 0.2) is 78.9 Å². The zero-order valence-electron chi connectivity index (χ0n) is 23.4. The normalized spacial score (nSPS) is 12.3. The molecule has 0 radical (unpaired) electrons. The van der Waals surface area contributed by atoms with Gasteiger partial charge in [0.05, 0.1) is 19.1 Å². The van der Waals surface area contributed by atoms with Crippen LogP contribution in [-0.2, 0) is 32.6 Å².